The molecule has 0 radical (unpaired) electrons. The number of hydrogen-bond donors (Lipinski definition) is 2. The molecule has 0 unspecified atom stereocenters. The lowest BCUT2D eigenvalue weighted by Gasteiger charge is -2.21. The highest BCUT2D eigenvalue weighted by Gasteiger charge is 2.17. The van der Waals surface area contributed by atoms with E-state index in [1.165, 1.54) is 0 Å². The maximum atomic E-state index is 9.38. The zero-order valence-corrected chi connectivity index (χ0v) is 8.64. The standard InChI is InChI=1S/C11H15NO3/c1-7(13)11(12)8-2-3-9-10(6-8)15-5-4-14-9/h2-3,6-7,11,13H,4-5,12H2,1H3/t7-,11-/m0/s1. The molecule has 0 bridgehead atoms. The normalized spacial score (nSPS) is 18.3. The van der Waals surface area contributed by atoms with Gasteiger partial charge in [0.2, 0.25) is 0 Å². The highest BCUT2D eigenvalue weighted by atomic mass is 16.6. The Morgan fingerprint density at radius 3 is 2.60 bits per heavy atom. The van der Waals surface area contributed by atoms with E-state index in [1.807, 2.05) is 18.2 Å². The molecule has 1 aliphatic heterocycles. The molecule has 1 aliphatic rings. The maximum Gasteiger partial charge on any atom is 0.161 e. The Morgan fingerprint density at radius 2 is 1.93 bits per heavy atom. The summed E-state index contributed by atoms with van der Waals surface area (Å²) in [5, 5.41) is 9.38. The van der Waals surface area contributed by atoms with Crippen molar-refractivity contribution in [3.8, 4) is 11.5 Å². The van der Waals surface area contributed by atoms with Gasteiger partial charge in [0.15, 0.2) is 11.5 Å². The Balaban J connectivity index is 2.27. The van der Waals surface area contributed by atoms with Crippen LogP contribution in [0.5, 0.6) is 11.5 Å². The van der Waals surface area contributed by atoms with Crippen molar-refractivity contribution in [2.24, 2.45) is 5.73 Å². The van der Waals surface area contributed by atoms with Gasteiger partial charge in [0.1, 0.15) is 13.2 Å². The Hall–Kier alpha value is -1.26. The molecule has 0 spiro atoms. The molecular weight excluding hydrogens is 194 g/mol. The fourth-order valence-electron chi connectivity index (χ4n) is 1.55. The Morgan fingerprint density at radius 1 is 1.27 bits per heavy atom. The summed E-state index contributed by atoms with van der Waals surface area (Å²) >= 11 is 0. The molecule has 15 heavy (non-hydrogen) atoms. The molecular formula is C11H15NO3. The molecule has 4 heteroatoms. The van der Waals surface area contributed by atoms with Gasteiger partial charge in [-0.05, 0) is 24.6 Å². The summed E-state index contributed by atoms with van der Waals surface area (Å²) in [5.74, 6) is 1.44. The minimum absolute atomic E-state index is 0.388. The van der Waals surface area contributed by atoms with E-state index in [0.29, 0.717) is 19.0 Å². The molecule has 1 aromatic carbocycles. The van der Waals surface area contributed by atoms with Crippen molar-refractivity contribution in [3.05, 3.63) is 23.8 Å². The van der Waals surface area contributed by atoms with Gasteiger partial charge < -0.3 is 20.3 Å². The number of rotatable bonds is 2. The van der Waals surface area contributed by atoms with E-state index < -0.39 is 6.10 Å². The second kappa shape index (κ2) is 4.08. The van der Waals surface area contributed by atoms with Crippen molar-refractivity contribution in [3.63, 3.8) is 0 Å². The van der Waals surface area contributed by atoms with Crippen LogP contribution in [-0.4, -0.2) is 24.4 Å². The first-order valence-electron chi connectivity index (χ1n) is 5.01. The van der Waals surface area contributed by atoms with Gasteiger partial charge in [0.25, 0.3) is 0 Å². The summed E-state index contributed by atoms with van der Waals surface area (Å²) in [6.45, 7) is 2.80. The number of aliphatic hydroxyl groups excluding tert-OH is 1. The lowest BCUT2D eigenvalue weighted by Crippen LogP contribution is -2.23. The van der Waals surface area contributed by atoms with E-state index >= 15 is 0 Å². The van der Waals surface area contributed by atoms with E-state index in [4.69, 9.17) is 15.2 Å². The monoisotopic (exact) mass is 209 g/mol. The molecule has 0 aliphatic carbocycles. The topological polar surface area (TPSA) is 64.7 Å². The van der Waals surface area contributed by atoms with Gasteiger partial charge in [0, 0.05) is 0 Å². The third kappa shape index (κ3) is 2.06. The third-order valence-electron chi connectivity index (χ3n) is 2.47. The molecule has 1 heterocycles. The van der Waals surface area contributed by atoms with Gasteiger partial charge >= 0.3 is 0 Å². The first-order valence-corrected chi connectivity index (χ1v) is 5.01. The number of fused-ring (bicyclic) bond motifs is 1. The fourth-order valence-corrected chi connectivity index (χ4v) is 1.55. The molecule has 1 aromatic rings. The van der Waals surface area contributed by atoms with Crippen LogP contribution in [0.2, 0.25) is 0 Å². The molecule has 0 amide bonds. The Kier molecular flexibility index (Phi) is 2.79. The molecule has 2 atom stereocenters. The quantitative estimate of drug-likeness (QED) is 0.757. The van der Waals surface area contributed by atoms with Crippen molar-refractivity contribution in [1.29, 1.82) is 0 Å². The van der Waals surface area contributed by atoms with Crippen molar-refractivity contribution in [1.82, 2.24) is 0 Å². The molecule has 82 valence electrons. The lowest BCUT2D eigenvalue weighted by molar-refractivity contribution is 0.161. The van der Waals surface area contributed by atoms with Crippen LogP contribution in [0, 0.1) is 0 Å². The van der Waals surface area contributed by atoms with Crippen LogP contribution in [0.4, 0.5) is 0 Å². The third-order valence-corrected chi connectivity index (χ3v) is 2.47. The molecule has 0 saturated heterocycles. The van der Waals surface area contributed by atoms with Gasteiger partial charge in [-0.3, -0.25) is 0 Å². The number of nitrogens with two attached hydrogens (primary N) is 1. The number of ether oxygens (including phenoxy) is 2. The number of benzene rings is 1. The van der Waals surface area contributed by atoms with Crippen LogP contribution in [-0.2, 0) is 0 Å². The Labute approximate surface area is 88.6 Å². The largest absolute Gasteiger partial charge is 0.486 e. The molecule has 4 nitrogen and oxygen atoms in total. The van der Waals surface area contributed by atoms with E-state index in [9.17, 15) is 5.11 Å². The van der Waals surface area contributed by atoms with Gasteiger partial charge in [-0.25, -0.2) is 0 Å². The fraction of sp³-hybridized carbons (Fsp3) is 0.455. The average molecular weight is 209 g/mol. The van der Waals surface area contributed by atoms with E-state index in [0.717, 1.165) is 11.3 Å². The highest BCUT2D eigenvalue weighted by Crippen LogP contribution is 2.32. The van der Waals surface area contributed by atoms with Crippen LogP contribution in [0.1, 0.15) is 18.5 Å². The summed E-state index contributed by atoms with van der Waals surface area (Å²) in [7, 11) is 0. The number of aliphatic hydroxyl groups is 1. The predicted molar refractivity (Wildman–Crippen MR) is 56.0 cm³/mol. The van der Waals surface area contributed by atoms with Crippen LogP contribution in [0.25, 0.3) is 0 Å². The van der Waals surface area contributed by atoms with E-state index in [1.54, 1.807) is 6.92 Å². The van der Waals surface area contributed by atoms with E-state index in [-0.39, 0.29) is 6.04 Å². The zero-order chi connectivity index (χ0) is 10.8. The second-order valence-electron chi connectivity index (χ2n) is 3.67. The van der Waals surface area contributed by atoms with Crippen LogP contribution in [0.3, 0.4) is 0 Å². The van der Waals surface area contributed by atoms with Crippen molar-refractivity contribution in [2.45, 2.75) is 19.1 Å². The van der Waals surface area contributed by atoms with Crippen molar-refractivity contribution >= 4 is 0 Å². The van der Waals surface area contributed by atoms with E-state index in [2.05, 4.69) is 0 Å². The first kappa shape index (κ1) is 10.3. The molecule has 3 N–H and O–H groups in total. The van der Waals surface area contributed by atoms with Crippen molar-refractivity contribution in [2.75, 3.05) is 13.2 Å². The maximum absolute atomic E-state index is 9.38. The molecule has 0 aromatic heterocycles. The summed E-state index contributed by atoms with van der Waals surface area (Å²) in [6.07, 6.45) is -0.576. The van der Waals surface area contributed by atoms with Gasteiger partial charge in [-0.1, -0.05) is 6.07 Å². The zero-order valence-electron chi connectivity index (χ0n) is 8.64. The minimum atomic E-state index is -0.576. The summed E-state index contributed by atoms with van der Waals surface area (Å²) in [6, 6.07) is 5.11. The van der Waals surface area contributed by atoms with Crippen LogP contribution >= 0.6 is 0 Å². The highest BCUT2D eigenvalue weighted by molar-refractivity contribution is 5.44. The van der Waals surface area contributed by atoms with Crippen LogP contribution in [0.15, 0.2) is 18.2 Å². The second-order valence-corrected chi connectivity index (χ2v) is 3.67. The van der Waals surface area contributed by atoms with Gasteiger partial charge in [-0.15, -0.1) is 0 Å². The molecule has 2 rings (SSSR count). The summed E-state index contributed by atoms with van der Waals surface area (Å²) in [4.78, 5) is 0. The summed E-state index contributed by atoms with van der Waals surface area (Å²) in [5.41, 5.74) is 6.68. The molecule has 0 saturated carbocycles. The smallest absolute Gasteiger partial charge is 0.161 e. The average Bonchev–Trinajstić information content (AvgIpc) is 2.27. The predicted octanol–water partition coefficient (Wildman–Crippen LogP) is 0.838. The first-order chi connectivity index (χ1) is 7.18. The lowest BCUT2D eigenvalue weighted by atomic mass is 10.0. The van der Waals surface area contributed by atoms with Gasteiger partial charge in [-0.2, -0.15) is 0 Å². The SMILES string of the molecule is C[C@H](O)[C@H](N)c1ccc2c(c1)OCCO2. The molecule has 0 fully saturated rings. The summed E-state index contributed by atoms with van der Waals surface area (Å²) < 4.78 is 10.8. The van der Waals surface area contributed by atoms with Crippen molar-refractivity contribution < 1.29 is 14.6 Å². The Bertz CT molecular complexity index is 352. The minimum Gasteiger partial charge on any atom is -0.486 e. The van der Waals surface area contributed by atoms with Gasteiger partial charge in [0.05, 0.1) is 12.1 Å². The number of hydrogen-bond acceptors (Lipinski definition) is 4. The van der Waals surface area contributed by atoms with Crippen LogP contribution < -0.4 is 15.2 Å².